The van der Waals surface area contributed by atoms with Gasteiger partial charge in [-0.05, 0) is 49.4 Å². The molecule has 182 valence electrons. The molecule has 5 rings (SSSR count). The molecular weight excluding hydrogens is 446 g/mol. The number of carbonyl (C=O) groups excluding carboxylic acids is 2. The number of amides is 1. The monoisotopic (exact) mass is 475 g/mol. The molecule has 1 unspecified atom stereocenters. The molecule has 2 aliphatic heterocycles. The molecule has 5 heterocycles. The van der Waals surface area contributed by atoms with Gasteiger partial charge in [-0.3, -0.25) is 4.79 Å². The molecule has 2 aliphatic rings. The average molecular weight is 476 g/mol. The van der Waals surface area contributed by atoms with E-state index in [1.807, 2.05) is 33.0 Å². The van der Waals surface area contributed by atoms with Crippen LogP contribution in [0.4, 0.5) is 11.6 Å². The van der Waals surface area contributed by atoms with Crippen LogP contribution in [0.15, 0.2) is 30.6 Å². The van der Waals surface area contributed by atoms with Gasteiger partial charge in [0.25, 0.3) is 0 Å². The summed E-state index contributed by atoms with van der Waals surface area (Å²) in [5.41, 5.74) is 1.70. The van der Waals surface area contributed by atoms with E-state index in [0.29, 0.717) is 41.9 Å². The Hall–Kier alpha value is -3.75. The van der Waals surface area contributed by atoms with Crippen LogP contribution in [0.2, 0.25) is 0 Å². The number of likely N-dealkylation sites (tertiary alicyclic amines) is 1. The number of hydrogen-bond donors (Lipinski definition) is 1. The standard InChI is InChI=1S/C26H29N5O4/c1-5-6-16-10-28-24(34-17-12-31(13-17)14-32)20-11-27-22(9-19(16)20)29-21-8-7-18-23(30-21)15(2)26(3,4)35-25(18)33/h7-11,14-15,17H,5-6,12-13H2,1-4H3,(H,27,29,30). The predicted octanol–water partition coefficient (Wildman–Crippen LogP) is 3.99. The topological polar surface area (TPSA) is 107 Å². The summed E-state index contributed by atoms with van der Waals surface area (Å²) in [6, 6.07) is 5.50. The molecule has 1 atom stereocenters. The third kappa shape index (κ3) is 4.26. The van der Waals surface area contributed by atoms with E-state index in [-0.39, 0.29) is 18.0 Å². The number of cyclic esters (lactones) is 1. The second-order valence-electron chi connectivity index (χ2n) is 9.72. The maximum Gasteiger partial charge on any atom is 0.340 e. The smallest absolute Gasteiger partial charge is 0.340 e. The van der Waals surface area contributed by atoms with Crippen molar-refractivity contribution >= 4 is 34.8 Å². The third-order valence-electron chi connectivity index (χ3n) is 6.85. The van der Waals surface area contributed by atoms with Crippen molar-refractivity contribution in [2.24, 2.45) is 0 Å². The lowest BCUT2D eigenvalue weighted by Gasteiger charge is -2.36. The zero-order valence-corrected chi connectivity index (χ0v) is 20.4. The molecule has 0 aliphatic carbocycles. The van der Waals surface area contributed by atoms with Crippen molar-refractivity contribution in [3.8, 4) is 5.88 Å². The highest BCUT2D eigenvalue weighted by Crippen LogP contribution is 2.38. The second kappa shape index (κ2) is 8.79. The number of anilines is 2. The summed E-state index contributed by atoms with van der Waals surface area (Å²) in [6.45, 7) is 9.05. The Morgan fingerprint density at radius 1 is 1.20 bits per heavy atom. The number of nitrogens with zero attached hydrogens (tertiary/aromatic N) is 4. The molecule has 0 aromatic carbocycles. The second-order valence-corrected chi connectivity index (χ2v) is 9.72. The van der Waals surface area contributed by atoms with Crippen LogP contribution in [0, 0.1) is 0 Å². The molecule has 9 heteroatoms. The minimum absolute atomic E-state index is 0.0508. The number of aryl methyl sites for hydroxylation is 1. The molecule has 1 fully saturated rings. The summed E-state index contributed by atoms with van der Waals surface area (Å²) >= 11 is 0. The number of nitrogens with one attached hydrogen (secondary N) is 1. The van der Waals surface area contributed by atoms with Crippen LogP contribution in [0.3, 0.4) is 0 Å². The average Bonchev–Trinajstić information content (AvgIpc) is 2.80. The summed E-state index contributed by atoms with van der Waals surface area (Å²) in [6.07, 6.45) is 6.23. The first-order valence-corrected chi connectivity index (χ1v) is 11.9. The Morgan fingerprint density at radius 2 is 2.00 bits per heavy atom. The zero-order chi connectivity index (χ0) is 24.7. The quantitative estimate of drug-likeness (QED) is 0.404. The van der Waals surface area contributed by atoms with E-state index >= 15 is 0 Å². The number of ether oxygens (including phenoxy) is 2. The van der Waals surface area contributed by atoms with Crippen molar-refractivity contribution < 1.29 is 19.1 Å². The van der Waals surface area contributed by atoms with Gasteiger partial charge in [-0.25, -0.2) is 19.7 Å². The Morgan fingerprint density at radius 3 is 2.74 bits per heavy atom. The van der Waals surface area contributed by atoms with Gasteiger partial charge < -0.3 is 19.7 Å². The highest BCUT2D eigenvalue weighted by molar-refractivity contribution is 5.93. The van der Waals surface area contributed by atoms with E-state index in [1.165, 1.54) is 0 Å². The Kier molecular flexibility index (Phi) is 5.78. The van der Waals surface area contributed by atoms with Gasteiger partial charge in [0.2, 0.25) is 12.3 Å². The molecule has 1 saturated heterocycles. The first-order valence-electron chi connectivity index (χ1n) is 11.9. The fraction of sp³-hybridized carbons (Fsp3) is 0.423. The van der Waals surface area contributed by atoms with Crippen molar-refractivity contribution in [2.45, 2.75) is 58.2 Å². The Balaban J connectivity index is 1.45. The van der Waals surface area contributed by atoms with E-state index in [1.54, 1.807) is 23.2 Å². The van der Waals surface area contributed by atoms with Gasteiger partial charge in [-0.1, -0.05) is 20.3 Å². The summed E-state index contributed by atoms with van der Waals surface area (Å²) in [5, 5.41) is 5.14. The lowest BCUT2D eigenvalue weighted by molar-refractivity contribution is -0.126. The van der Waals surface area contributed by atoms with Gasteiger partial charge in [0, 0.05) is 18.3 Å². The normalized spacial score (nSPS) is 19.0. The number of rotatable bonds is 7. The van der Waals surface area contributed by atoms with Crippen molar-refractivity contribution in [1.29, 1.82) is 0 Å². The fourth-order valence-electron chi connectivity index (χ4n) is 4.48. The highest BCUT2D eigenvalue weighted by Gasteiger charge is 2.40. The van der Waals surface area contributed by atoms with Crippen LogP contribution in [0.25, 0.3) is 10.8 Å². The van der Waals surface area contributed by atoms with Crippen LogP contribution >= 0.6 is 0 Å². The molecule has 35 heavy (non-hydrogen) atoms. The summed E-state index contributed by atoms with van der Waals surface area (Å²) in [5.74, 6) is 1.37. The molecule has 1 amide bonds. The van der Waals surface area contributed by atoms with Gasteiger partial charge in [0.05, 0.1) is 29.7 Å². The van der Waals surface area contributed by atoms with Crippen LogP contribution < -0.4 is 10.1 Å². The highest BCUT2D eigenvalue weighted by atomic mass is 16.6. The van der Waals surface area contributed by atoms with E-state index in [9.17, 15) is 9.59 Å². The molecule has 9 nitrogen and oxygen atoms in total. The van der Waals surface area contributed by atoms with E-state index in [4.69, 9.17) is 14.5 Å². The van der Waals surface area contributed by atoms with Crippen LogP contribution in [-0.4, -0.2) is 57.0 Å². The predicted molar refractivity (Wildman–Crippen MR) is 131 cm³/mol. The van der Waals surface area contributed by atoms with Crippen LogP contribution in [0.1, 0.15) is 61.6 Å². The number of fused-ring (bicyclic) bond motifs is 2. The van der Waals surface area contributed by atoms with Gasteiger partial charge in [-0.15, -0.1) is 0 Å². The molecule has 0 spiro atoms. The molecule has 1 N–H and O–H groups in total. The maximum absolute atomic E-state index is 12.4. The van der Waals surface area contributed by atoms with Crippen LogP contribution in [-0.2, 0) is 16.0 Å². The summed E-state index contributed by atoms with van der Waals surface area (Å²) < 4.78 is 11.6. The number of esters is 1. The third-order valence-corrected chi connectivity index (χ3v) is 6.85. The molecule has 3 aromatic heterocycles. The number of hydrogen-bond acceptors (Lipinski definition) is 8. The first-order chi connectivity index (χ1) is 16.8. The zero-order valence-electron chi connectivity index (χ0n) is 20.4. The maximum atomic E-state index is 12.4. The Labute approximate surface area is 203 Å². The lowest BCUT2D eigenvalue weighted by Crippen LogP contribution is -2.52. The lowest BCUT2D eigenvalue weighted by atomic mass is 9.84. The number of pyridine rings is 3. The minimum Gasteiger partial charge on any atom is -0.470 e. The van der Waals surface area contributed by atoms with Gasteiger partial charge in [0.1, 0.15) is 23.3 Å². The van der Waals surface area contributed by atoms with Gasteiger partial charge >= 0.3 is 5.97 Å². The molecule has 0 saturated carbocycles. The van der Waals surface area contributed by atoms with Crippen molar-refractivity contribution in [2.75, 3.05) is 18.4 Å². The van der Waals surface area contributed by atoms with Crippen LogP contribution in [0.5, 0.6) is 5.88 Å². The summed E-state index contributed by atoms with van der Waals surface area (Å²) in [7, 11) is 0. The van der Waals surface area contributed by atoms with E-state index in [2.05, 4.69) is 22.2 Å². The summed E-state index contributed by atoms with van der Waals surface area (Å²) in [4.78, 5) is 38.8. The van der Waals surface area contributed by atoms with Crippen molar-refractivity contribution in [1.82, 2.24) is 19.9 Å². The SMILES string of the molecule is CCCc1cnc(OC2CN(C=O)C2)c2cnc(Nc3ccc4c(n3)C(C)C(C)(C)OC4=O)cc12. The molecule has 3 aromatic rings. The van der Waals surface area contributed by atoms with Crippen molar-refractivity contribution in [3.05, 3.63) is 47.4 Å². The molecule has 0 bridgehead atoms. The fourth-order valence-corrected chi connectivity index (χ4v) is 4.48. The van der Waals surface area contributed by atoms with Crippen molar-refractivity contribution in [3.63, 3.8) is 0 Å². The van der Waals surface area contributed by atoms with Gasteiger partial charge in [-0.2, -0.15) is 0 Å². The largest absolute Gasteiger partial charge is 0.470 e. The Bertz CT molecular complexity index is 1300. The number of aromatic nitrogens is 3. The van der Waals surface area contributed by atoms with E-state index in [0.717, 1.165) is 35.6 Å². The van der Waals surface area contributed by atoms with Gasteiger partial charge in [0.15, 0.2) is 0 Å². The minimum atomic E-state index is -0.626. The first kappa shape index (κ1) is 23.0. The number of carbonyl (C=O) groups is 2. The van der Waals surface area contributed by atoms with E-state index < -0.39 is 5.60 Å². The molecular formula is C26H29N5O4. The molecule has 0 radical (unpaired) electrons.